The van der Waals surface area contributed by atoms with Gasteiger partial charge in [-0.05, 0) is 6.42 Å². The highest BCUT2D eigenvalue weighted by molar-refractivity contribution is 5.75. The molecule has 0 saturated carbocycles. The van der Waals surface area contributed by atoms with E-state index in [9.17, 15) is 9.59 Å². The van der Waals surface area contributed by atoms with Gasteiger partial charge in [-0.25, -0.2) is 10.3 Å². The molecular weight excluding hydrogens is 254 g/mol. The summed E-state index contributed by atoms with van der Waals surface area (Å²) in [6, 6.07) is 0. The third-order valence-corrected chi connectivity index (χ3v) is 2.82. The second-order valence-corrected chi connectivity index (χ2v) is 4.60. The Bertz CT molecular complexity index is 311. The fraction of sp³-hybridized carbons (Fsp3) is 0.833. The third-order valence-electron chi connectivity index (χ3n) is 2.82. The van der Waals surface area contributed by atoms with Gasteiger partial charge in [0.05, 0.1) is 13.2 Å². The van der Waals surface area contributed by atoms with E-state index >= 15 is 0 Å². The standard InChI is InChI=1S/C12H21NO6/c1-3-4-5-6-10(14)13-19-9-7-17-12(2,11(15)16)18-8-9/h9H,3-8H2,1-2H3,(H,13,14)(H,15,16). The summed E-state index contributed by atoms with van der Waals surface area (Å²) in [5.41, 5.74) is 2.32. The number of nitrogens with one attached hydrogen (secondary N) is 1. The van der Waals surface area contributed by atoms with Crippen molar-refractivity contribution in [3.8, 4) is 0 Å². The summed E-state index contributed by atoms with van der Waals surface area (Å²) in [6.45, 7) is 3.50. The van der Waals surface area contributed by atoms with Gasteiger partial charge >= 0.3 is 5.97 Å². The van der Waals surface area contributed by atoms with Gasteiger partial charge in [-0.15, -0.1) is 0 Å². The van der Waals surface area contributed by atoms with Crippen LogP contribution in [0.25, 0.3) is 0 Å². The van der Waals surface area contributed by atoms with Crippen LogP contribution in [-0.2, 0) is 23.9 Å². The number of carboxylic acid groups (broad SMARTS) is 1. The molecule has 7 heteroatoms. The van der Waals surface area contributed by atoms with Crippen molar-refractivity contribution in [3.63, 3.8) is 0 Å². The molecule has 0 spiro atoms. The first kappa shape index (κ1) is 15.9. The van der Waals surface area contributed by atoms with E-state index in [4.69, 9.17) is 19.4 Å². The highest BCUT2D eigenvalue weighted by Gasteiger charge is 2.41. The van der Waals surface area contributed by atoms with Crippen molar-refractivity contribution < 1.29 is 29.0 Å². The molecule has 1 amide bonds. The van der Waals surface area contributed by atoms with Gasteiger partial charge < -0.3 is 14.6 Å². The second-order valence-electron chi connectivity index (χ2n) is 4.60. The monoisotopic (exact) mass is 275 g/mol. The van der Waals surface area contributed by atoms with Crippen LogP contribution in [0.2, 0.25) is 0 Å². The van der Waals surface area contributed by atoms with E-state index in [0.717, 1.165) is 19.3 Å². The summed E-state index contributed by atoms with van der Waals surface area (Å²) in [4.78, 5) is 27.3. The average molecular weight is 275 g/mol. The second kappa shape index (κ2) is 7.42. The molecule has 0 radical (unpaired) electrons. The first-order chi connectivity index (χ1) is 8.98. The zero-order chi connectivity index (χ0) is 14.3. The number of hydroxylamine groups is 1. The van der Waals surface area contributed by atoms with E-state index < -0.39 is 17.9 Å². The van der Waals surface area contributed by atoms with Gasteiger partial charge in [-0.1, -0.05) is 19.8 Å². The van der Waals surface area contributed by atoms with Crippen LogP contribution in [0.1, 0.15) is 39.5 Å². The lowest BCUT2D eigenvalue weighted by molar-refractivity contribution is -0.288. The van der Waals surface area contributed by atoms with E-state index in [1.807, 2.05) is 0 Å². The Balaban J connectivity index is 2.19. The fourth-order valence-electron chi connectivity index (χ4n) is 1.52. The van der Waals surface area contributed by atoms with E-state index in [1.165, 1.54) is 6.92 Å². The number of amides is 1. The summed E-state index contributed by atoms with van der Waals surface area (Å²) < 4.78 is 10.1. The molecule has 0 unspecified atom stereocenters. The highest BCUT2D eigenvalue weighted by Crippen LogP contribution is 2.19. The van der Waals surface area contributed by atoms with Gasteiger partial charge in [0.1, 0.15) is 6.10 Å². The SMILES string of the molecule is CCCCCC(=O)NOC1COC(C)(C(=O)O)OC1. The fourth-order valence-corrected chi connectivity index (χ4v) is 1.52. The molecule has 19 heavy (non-hydrogen) atoms. The Kier molecular flexibility index (Phi) is 6.20. The number of unbranched alkanes of at least 4 members (excludes halogenated alkanes) is 2. The maximum Gasteiger partial charge on any atom is 0.364 e. The largest absolute Gasteiger partial charge is 0.477 e. The van der Waals surface area contributed by atoms with Crippen molar-refractivity contribution in [3.05, 3.63) is 0 Å². The van der Waals surface area contributed by atoms with Crippen LogP contribution in [0.15, 0.2) is 0 Å². The molecule has 0 atom stereocenters. The van der Waals surface area contributed by atoms with E-state index in [1.54, 1.807) is 0 Å². The van der Waals surface area contributed by atoms with Crippen LogP contribution in [-0.4, -0.2) is 42.1 Å². The predicted octanol–water partition coefficient (Wildman–Crippen LogP) is 0.831. The minimum Gasteiger partial charge on any atom is -0.477 e. The molecule has 1 fully saturated rings. The summed E-state index contributed by atoms with van der Waals surface area (Å²) in [7, 11) is 0. The third kappa shape index (κ3) is 5.14. The molecule has 7 nitrogen and oxygen atoms in total. The molecule has 0 aromatic rings. The maximum atomic E-state index is 11.4. The number of carbonyl (C=O) groups is 2. The highest BCUT2D eigenvalue weighted by atomic mass is 16.8. The van der Waals surface area contributed by atoms with Gasteiger partial charge in [-0.3, -0.25) is 9.63 Å². The molecule has 1 aliphatic rings. The minimum absolute atomic E-state index is 0.0536. The Labute approximate surface area is 112 Å². The molecule has 1 aliphatic heterocycles. The first-order valence-electron chi connectivity index (χ1n) is 6.43. The predicted molar refractivity (Wildman–Crippen MR) is 65.1 cm³/mol. The number of carbonyl (C=O) groups excluding carboxylic acids is 1. The number of rotatable bonds is 7. The Morgan fingerprint density at radius 3 is 2.53 bits per heavy atom. The molecular formula is C12H21NO6. The van der Waals surface area contributed by atoms with Gasteiger partial charge in [0.25, 0.3) is 5.79 Å². The van der Waals surface area contributed by atoms with Crippen LogP contribution in [0.5, 0.6) is 0 Å². The van der Waals surface area contributed by atoms with Crippen molar-refractivity contribution in [2.45, 2.75) is 51.4 Å². The quantitative estimate of drug-likeness (QED) is 0.528. The lowest BCUT2D eigenvalue weighted by Gasteiger charge is -2.33. The lowest BCUT2D eigenvalue weighted by Crippen LogP contribution is -2.51. The van der Waals surface area contributed by atoms with Gasteiger partial charge in [-0.2, -0.15) is 0 Å². The molecule has 0 aliphatic carbocycles. The molecule has 0 aromatic carbocycles. The first-order valence-corrected chi connectivity index (χ1v) is 6.43. The Hall–Kier alpha value is -1.18. The van der Waals surface area contributed by atoms with Crippen molar-refractivity contribution in [1.29, 1.82) is 0 Å². The van der Waals surface area contributed by atoms with Crippen LogP contribution in [0, 0.1) is 0 Å². The lowest BCUT2D eigenvalue weighted by atomic mass is 10.2. The van der Waals surface area contributed by atoms with E-state index in [-0.39, 0.29) is 19.1 Å². The molecule has 110 valence electrons. The number of hydrogen-bond donors (Lipinski definition) is 2. The van der Waals surface area contributed by atoms with Gasteiger partial charge in [0.15, 0.2) is 0 Å². The van der Waals surface area contributed by atoms with Crippen molar-refractivity contribution in [2.75, 3.05) is 13.2 Å². The smallest absolute Gasteiger partial charge is 0.364 e. The summed E-state index contributed by atoms with van der Waals surface area (Å²) in [5, 5.41) is 8.86. The molecule has 0 bridgehead atoms. The average Bonchev–Trinajstić information content (AvgIpc) is 2.38. The van der Waals surface area contributed by atoms with Crippen molar-refractivity contribution in [2.24, 2.45) is 0 Å². The summed E-state index contributed by atoms with van der Waals surface area (Å²) in [5.74, 6) is -3.01. The van der Waals surface area contributed by atoms with Crippen LogP contribution in [0.3, 0.4) is 0 Å². The zero-order valence-corrected chi connectivity index (χ0v) is 11.3. The summed E-state index contributed by atoms with van der Waals surface area (Å²) >= 11 is 0. The van der Waals surface area contributed by atoms with E-state index in [0.29, 0.717) is 6.42 Å². The van der Waals surface area contributed by atoms with E-state index in [2.05, 4.69) is 12.4 Å². The van der Waals surface area contributed by atoms with Crippen molar-refractivity contribution >= 4 is 11.9 Å². The number of aliphatic carboxylic acids is 1. The normalized spacial score (nSPS) is 26.9. The molecule has 0 aromatic heterocycles. The number of ether oxygens (including phenoxy) is 2. The molecule has 1 saturated heterocycles. The maximum absolute atomic E-state index is 11.4. The summed E-state index contributed by atoms with van der Waals surface area (Å²) in [6.07, 6.45) is 2.78. The zero-order valence-electron chi connectivity index (χ0n) is 11.3. The van der Waals surface area contributed by atoms with Crippen LogP contribution < -0.4 is 5.48 Å². The molecule has 1 heterocycles. The number of carboxylic acids is 1. The van der Waals surface area contributed by atoms with Crippen LogP contribution >= 0.6 is 0 Å². The topological polar surface area (TPSA) is 94.1 Å². The molecule has 1 rings (SSSR count). The molecule has 2 N–H and O–H groups in total. The van der Waals surface area contributed by atoms with Gasteiger partial charge in [0.2, 0.25) is 5.91 Å². The Morgan fingerprint density at radius 2 is 2.00 bits per heavy atom. The van der Waals surface area contributed by atoms with Crippen molar-refractivity contribution in [1.82, 2.24) is 5.48 Å². The van der Waals surface area contributed by atoms with Gasteiger partial charge in [0, 0.05) is 13.3 Å². The van der Waals surface area contributed by atoms with Crippen LogP contribution in [0.4, 0.5) is 0 Å². The number of hydrogen-bond acceptors (Lipinski definition) is 5. The Morgan fingerprint density at radius 1 is 1.37 bits per heavy atom. The minimum atomic E-state index is -1.63.